The molecule has 0 radical (unpaired) electrons. The van der Waals surface area contributed by atoms with E-state index in [9.17, 15) is 9.18 Å². The molecule has 136 valence electrons. The van der Waals surface area contributed by atoms with Crippen molar-refractivity contribution in [3.05, 3.63) is 58.7 Å². The second-order valence-corrected chi connectivity index (χ2v) is 6.99. The van der Waals surface area contributed by atoms with Gasteiger partial charge in [0.05, 0.1) is 17.9 Å². The Morgan fingerprint density at radius 3 is 2.77 bits per heavy atom. The van der Waals surface area contributed by atoms with Gasteiger partial charge in [0.15, 0.2) is 5.69 Å². The molecule has 2 aliphatic heterocycles. The van der Waals surface area contributed by atoms with Crippen LogP contribution in [0.25, 0.3) is 5.57 Å². The summed E-state index contributed by atoms with van der Waals surface area (Å²) in [5.41, 5.74) is 4.56. The molecule has 2 aromatic rings. The molecule has 0 aliphatic carbocycles. The van der Waals surface area contributed by atoms with Gasteiger partial charge in [0.2, 0.25) is 0 Å². The van der Waals surface area contributed by atoms with Crippen molar-refractivity contribution in [3.8, 4) is 0 Å². The zero-order chi connectivity index (χ0) is 18.3. The first-order chi connectivity index (χ1) is 12.5. The number of H-pyrrole nitrogens is 1. The van der Waals surface area contributed by atoms with E-state index in [0.717, 1.165) is 28.8 Å². The Kier molecular flexibility index (Phi) is 4.36. The van der Waals surface area contributed by atoms with Crippen LogP contribution in [0.2, 0.25) is 0 Å². The zero-order valence-electron chi connectivity index (χ0n) is 15.0. The lowest BCUT2D eigenvalue weighted by Gasteiger charge is -2.28. The van der Waals surface area contributed by atoms with Gasteiger partial charge in [-0.25, -0.2) is 4.39 Å². The highest BCUT2D eigenvalue weighted by atomic mass is 19.1. The summed E-state index contributed by atoms with van der Waals surface area (Å²) in [5.74, 6) is -0.282. The number of halogens is 1. The number of benzene rings is 1. The number of amides is 1. The summed E-state index contributed by atoms with van der Waals surface area (Å²) >= 11 is 0. The van der Waals surface area contributed by atoms with Gasteiger partial charge in [-0.05, 0) is 43.5 Å². The molecule has 5 nitrogen and oxygen atoms in total. The minimum absolute atomic E-state index is 0.0433. The van der Waals surface area contributed by atoms with Gasteiger partial charge in [-0.2, -0.15) is 5.10 Å². The van der Waals surface area contributed by atoms with E-state index in [1.165, 1.54) is 12.1 Å². The summed E-state index contributed by atoms with van der Waals surface area (Å²) in [5, 5.41) is 7.27. The Morgan fingerprint density at radius 2 is 2.08 bits per heavy atom. The molecule has 0 unspecified atom stereocenters. The Hall–Kier alpha value is -2.47. The zero-order valence-corrected chi connectivity index (χ0v) is 15.0. The lowest BCUT2D eigenvalue weighted by Crippen LogP contribution is -2.36. The number of hydrogen-bond acceptors (Lipinski definition) is 3. The Labute approximate surface area is 151 Å². The third-order valence-corrected chi connectivity index (χ3v) is 5.15. The van der Waals surface area contributed by atoms with E-state index < -0.39 is 0 Å². The quantitative estimate of drug-likeness (QED) is 0.897. The molecule has 0 saturated carbocycles. The number of nitrogens with zero attached hydrogens (tertiary/aromatic N) is 2. The summed E-state index contributed by atoms with van der Waals surface area (Å²) in [7, 11) is 0. The molecule has 2 aliphatic rings. The second kappa shape index (κ2) is 6.68. The third kappa shape index (κ3) is 3.05. The van der Waals surface area contributed by atoms with Crippen LogP contribution in [0.1, 0.15) is 53.7 Å². The van der Waals surface area contributed by atoms with E-state index in [0.29, 0.717) is 25.2 Å². The second-order valence-electron chi connectivity index (χ2n) is 6.99. The van der Waals surface area contributed by atoms with Crippen molar-refractivity contribution in [2.75, 3.05) is 13.1 Å². The Morgan fingerprint density at radius 1 is 1.31 bits per heavy atom. The highest BCUT2D eigenvalue weighted by molar-refractivity contribution is 5.94. The lowest BCUT2D eigenvalue weighted by atomic mass is 9.97. The van der Waals surface area contributed by atoms with Crippen molar-refractivity contribution in [2.45, 2.75) is 38.9 Å². The molecular weight excluding hydrogens is 333 g/mol. The number of nitrogens with one attached hydrogen (secondary N) is 1. The molecule has 0 saturated heterocycles. The average Bonchev–Trinajstić information content (AvgIpc) is 3.06. The average molecular weight is 355 g/mol. The van der Waals surface area contributed by atoms with Crippen LogP contribution in [0.4, 0.5) is 4.39 Å². The van der Waals surface area contributed by atoms with Crippen LogP contribution in [0, 0.1) is 5.82 Å². The van der Waals surface area contributed by atoms with Gasteiger partial charge in [0.1, 0.15) is 5.82 Å². The number of hydrogen-bond donors (Lipinski definition) is 1. The largest absolute Gasteiger partial charge is 0.369 e. The van der Waals surface area contributed by atoms with Gasteiger partial charge in [0.25, 0.3) is 5.91 Å². The predicted molar refractivity (Wildman–Crippen MR) is 96.2 cm³/mol. The van der Waals surface area contributed by atoms with Crippen molar-refractivity contribution >= 4 is 11.5 Å². The van der Waals surface area contributed by atoms with E-state index in [4.69, 9.17) is 4.74 Å². The number of aromatic nitrogens is 2. The van der Waals surface area contributed by atoms with E-state index in [1.807, 2.05) is 24.8 Å². The van der Waals surface area contributed by atoms with Crippen molar-refractivity contribution in [3.63, 3.8) is 0 Å². The fraction of sp³-hybridized carbons (Fsp3) is 0.400. The summed E-state index contributed by atoms with van der Waals surface area (Å²) in [6, 6.07) is 6.50. The Balaban J connectivity index is 1.52. The molecule has 0 spiro atoms. The first kappa shape index (κ1) is 17.0. The molecule has 4 rings (SSSR count). The van der Waals surface area contributed by atoms with E-state index >= 15 is 0 Å². The molecule has 2 atom stereocenters. The van der Waals surface area contributed by atoms with Gasteiger partial charge in [-0.1, -0.05) is 18.2 Å². The predicted octanol–water partition coefficient (Wildman–Crippen LogP) is 3.50. The SMILES string of the molecule is C[C@@H]1Cc2c(C(=O)N3CC=C(c4ccc(F)cc4)CC3)n[nH]c2[C@H](C)O1. The first-order valence-electron chi connectivity index (χ1n) is 8.99. The molecule has 6 heteroatoms. The summed E-state index contributed by atoms with van der Waals surface area (Å²) in [6.45, 7) is 5.15. The van der Waals surface area contributed by atoms with Gasteiger partial charge in [0, 0.05) is 25.1 Å². The minimum atomic E-state index is -0.238. The molecule has 1 amide bonds. The number of carbonyl (C=O) groups excluding carboxylic acids is 1. The number of ether oxygens (including phenoxy) is 1. The van der Waals surface area contributed by atoms with Crippen molar-refractivity contribution in [2.24, 2.45) is 0 Å². The maximum absolute atomic E-state index is 13.1. The molecule has 0 fully saturated rings. The van der Waals surface area contributed by atoms with Crippen LogP contribution in [-0.4, -0.2) is 40.2 Å². The summed E-state index contributed by atoms with van der Waals surface area (Å²) in [4.78, 5) is 14.8. The first-order valence-corrected chi connectivity index (χ1v) is 8.99. The van der Waals surface area contributed by atoms with Crippen molar-refractivity contribution in [1.29, 1.82) is 0 Å². The number of fused-ring (bicyclic) bond motifs is 1. The minimum Gasteiger partial charge on any atom is -0.369 e. The highest BCUT2D eigenvalue weighted by Crippen LogP contribution is 2.31. The standard InChI is InChI=1S/C20H22FN3O2/c1-12-11-17-18(13(2)26-12)22-23-19(17)20(25)24-9-7-15(8-10-24)14-3-5-16(21)6-4-14/h3-7,12-13H,8-11H2,1-2H3,(H,22,23)/t12-,13+/m1/s1. The van der Waals surface area contributed by atoms with Crippen LogP contribution in [0.5, 0.6) is 0 Å². The lowest BCUT2D eigenvalue weighted by molar-refractivity contribution is -0.00701. The van der Waals surface area contributed by atoms with Gasteiger partial charge >= 0.3 is 0 Å². The fourth-order valence-electron chi connectivity index (χ4n) is 3.78. The Bertz CT molecular complexity index is 856. The molecule has 1 aromatic carbocycles. The van der Waals surface area contributed by atoms with Gasteiger partial charge in [-0.3, -0.25) is 9.89 Å². The van der Waals surface area contributed by atoms with E-state index in [1.54, 1.807) is 12.1 Å². The van der Waals surface area contributed by atoms with Crippen LogP contribution in [0.3, 0.4) is 0 Å². The highest BCUT2D eigenvalue weighted by Gasteiger charge is 2.31. The molecule has 26 heavy (non-hydrogen) atoms. The number of aromatic amines is 1. The molecule has 1 N–H and O–H groups in total. The van der Waals surface area contributed by atoms with E-state index in [2.05, 4.69) is 10.2 Å². The number of carbonyl (C=O) groups is 1. The van der Waals surface area contributed by atoms with Crippen LogP contribution >= 0.6 is 0 Å². The van der Waals surface area contributed by atoms with Crippen molar-refractivity contribution in [1.82, 2.24) is 15.1 Å². The van der Waals surface area contributed by atoms with Gasteiger partial charge < -0.3 is 9.64 Å². The summed E-state index contributed by atoms with van der Waals surface area (Å²) in [6.07, 6.45) is 3.49. The molecular formula is C20H22FN3O2. The fourth-order valence-corrected chi connectivity index (χ4v) is 3.78. The molecule has 1 aromatic heterocycles. The normalized spacial score (nSPS) is 22.7. The summed E-state index contributed by atoms with van der Waals surface area (Å²) < 4.78 is 18.9. The smallest absolute Gasteiger partial charge is 0.274 e. The number of rotatable bonds is 2. The van der Waals surface area contributed by atoms with Crippen LogP contribution in [-0.2, 0) is 11.2 Å². The molecule has 0 bridgehead atoms. The topological polar surface area (TPSA) is 58.2 Å². The molecule has 3 heterocycles. The van der Waals surface area contributed by atoms with Gasteiger partial charge in [-0.15, -0.1) is 0 Å². The maximum Gasteiger partial charge on any atom is 0.274 e. The van der Waals surface area contributed by atoms with Crippen LogP contribution in [0.15, 0.2) is 30.3 Å². The van der Waals surface area contributed by atoms with E-state index in [-0.39, 0.29) is 23.9 Å². The van der Waals surface area contributed by atoms with Crippen LogP contribution < -0.4 is 0 Å². The third-order valence-electron chi connectivity index (χ3n) is 5.15. The van der Waals surface area contributed by atoms with Crippen molar-refractivity contribution < 1.29 is 13.9 Å². The monoisotopic (exact) mass is 355 g/mol. The maximum atomic E-state index is 13.1.